The van der Waals surface area contributed by atoms with Crippen molar-refractivity contribution in [3.8, 4) is 0 Å². The summed E-state index contributed by atoms with van der Waals surface area (Å²) in [6, 6.07) is -3.39. The lowest BCUT2D eigenvalue weighted by Gasteiger charge is -2.38. The van der Waals surface area contributed by atoms with E-state index >= 15 is 0 Å². The predicted octanol–water partition coefficient (Wildman–Crippen LogP) is 2.51. The van der Waals surface area contributed by atoms with Gasteiger partial charge < -0.3 is 31.3 Å². The Hall–Kier alpha value is -2.69. The number of primary amides is 1. The molecule has 11 nitrogen and oxygen atoms in total. The van der Waals surface area contributed by atoms with Gasteiger partial charge >= 0.3 is 6.03 Å². The lowest BCUT2D eigenvalue weighted by Crippen LogP contribution is -2.62. The monoisotopic (exact) mass is 603 g/mol. The van der Waals surface area contributed by atoms with E-state index in [0.29, 0.717) is 19.6 Å². The number of Topliss-reactive ketones (excluding diaryl/α,β-unsaturated/α-hetero) is 1. The first kappa shape index (κ1) is 33.2. The number of urea groups is 1. The number of piperidine rings is 1. The summed E-state index contributed by atoms with van der Waals surface area (Å²) in [6.07, 6.45) is 6.88. The molecule has 43 heavy (non-hydrogen) atoms. The number of nitrogens with zero attached hydrogens (tertiary/aromatic N) is 1. The summed E-state index contributed by atoms with van der Waals surface area (Å²) < 4.78 is 6.08. The summed E-state index contributed by atoms with van der Waals surface area (Å²) in [6.45, 7) is 14.6. The maximum atomic E-state index is 14.2. The summed E-state index contributed by atoms with van der Waals surface area (Å²) in [5, 5.41) is 8.73. The number of carbonyl (C=O) groups is 5. The molecule has 0 bridgehead atoms. The van der Waals surface area contributed by atoms with Gasteiger partial charge in [0.25, 0.3) is 5.91 Å². The number of nitrogens with one attached hydrogen (secondary N) is 3. The molecule has 3 saturated carbocycles. The van der Waals surface area contributed by atoms with E-state index in [1.165, 1.54) is 0 Å². The van der Waals surface area contributed by atoms with E-state index in [4.69, 9.17) is 10.5 Å². The molecule has 0 radical (unpaired) electrons. The van der Waals surface area contributed by atoms with Crippen molar-refractivity contribution in [2.24, 2.45) is 40.2 Å². The van der Waals surface area contributed by atoms with Gasteiger partial charge in [0.05, 0.1) is 24.8 Å². The number of ketones is 1. The number of nitrogens with two attached hydrogens (primary N) is 1. The third-order valence-corrected chi connectivity index (χ3v) is 10.2. The van der Waals surface area contributed by atoms with Crippen LogP contribution in [0.3, 0.4) is 0 Å². The van der Waals surface area contributed by atoms with Crippen molar-refractivity contribution in [1.29, 1.82) is 0 Å². The molecule has 5 amide bonds. The summed E-state index contributed by atoms with van der Waals surface area (Å²) in [4.78, 5) is 67.2. The van der Waals surface area contributed by atoms with Crippen LogP contribution in [0, 0.1) is 34.5 Å². The maximum Gasteiger partial charge on any atom is 0.315 e. The molecule has 1 saturated heterocycles. The normalized spacial score (nSPS) is 26.8. The Morgan fingerprint density at radius 3 is 2.14 bits per heavy atom. The topological polar surface area (TPSA) is 160 Å². The van der Waals surface area contributed by atoms with Crippen LogP contribution in [0.2, 0.25) is 0 Å². The van der Waals surface area contributed by atoms with E-state index in [1.807, 2.05) is 34.6 Å². The average Bonchev–Trinajstić information content (AvgIpc) is 3.62. The second kappa shape index (κ2) is 12.7. The van der Waals surface area contributed by atoms with Gasteiger partial charge in [-0.15, -0.1) is 0 Å². The van der Waals surface area contributed by atoms with Crippen molar-refractivity contribution in [2.45, 2.75) is 124 Å². The van der Waals surface area contributed by atoms with Crippen molar-refractivity contribution in [3.63, 3.8) is 0 Å². The number of likely N-dealkylation sites (tertiary alicyclic amines) is 1. The molecule has 0 spiro atoms. The molecule has 1 heterocycles. The third kappa shape index (κ3) is 7.70. The molecule has 6 atom stereocenters. The minimum atomic E-state index is -1.08. The zero-order chi connectivity index (χ0) is 31.9. The molecule has 4 rings (SSSR count). The third-order valence-electron chi connectivity index (χ3n) is 10.2. The number of carbonyl (C=O) groups excluding carboxylic acids is 5. The largest absolute Gasteiger partial charge is 0.376 e. The standard InChI is InChI=1S/C32H53N5O6/c1-17(2)22(16-43-19-10-8-9-11-19)35-30(42)36-26(31(3,4)5)29(41)37-15-20-23(32(20,6)7)24(37)28(40)34-21(14-18-12-13-18)25(38)27(33)39/h17-24,26H,8-16H2,1-7H3,(H2,33,39)(H,34,40)(H2,35,36,42)/t20-,21?,22+,23-,24-,26+/m0/s1. The van der Waals surface area contributed by atoms with Crippen molar-refractivity contribution in [1.82, 2.24) is 20.9 Å². The van der Waals surface area contributed by atoms with Crippen LogP contribution in [0.25, 0.3) is 0 Å². The van der Waals surface area contributed by atoms with Crippen LogP contribution in [-0.4, -0.2) is 77.9 Å². The highest BCUT2D eigenvalue weighted by Crippen LogP contribution is 2.65. The molecule has 0 aromatic carbocycles. The van der Waals surface area contributed by atoms with Crippen LogP contribution in [0.15, 0.2) is 0 Å². The van der Waals surface area contributed by atoms with E-state index in [-0.39, 0.29) is 47.1 Å². The van der Waals surface area contributed by atoms with Crippen LogP contribution in [0.4, 0.5) is 4.79 Å². The Kier molecular flexibility index (Phi) is 9.83. The molecular formula is C32H53N5O6. The van der Waals surface area contributed by atoms with Gasteiger partial charge in [0.15, 0.2) is 0 Å². The van der Waals surface area contributed by atoms with Crippen molar-refractivity contribution in [2.75, 3.05) is 13.2 Å². The molecule has 11 heteroatoms. The van der Waals surface area contributed by atoms with Gasteiger partial charge in [-0.3, -0.25) is 19.2 Å². The fraction of sp³-hybridized carbons (Fsp3) is 0.844. The smallest absolute Gasteiger partial charge is 0.315 e. The minimum absolute atomic E-state index is 0.0887. The van der Waals surface area contributed by atoms with Gasteiger partial charge in [-0.05, 0) is 53.8 Å². The molecule has 0 aromatic heterocycles. The number of fused-ring (bicyclic) bond motifs is 1. The fourth-order valence-electron chi connectivity index (χ4n) is 7.01. The Morgan fingerprint density at radius 2 is 1.60 bits per heavy atom. The average molecular weight is 604 g/mol. The number of rotatable bonds is 13. The Labute approximate surface area is 256 Å². The predicted molar refractivity (Wildman–Crippen MR) is 161 cm³/mol. The Bertz CT molecular complexity index is 1090. The first-order valence-electron chi connectivity index (χ1n) is 16.2. The Morgan fingerprint density at radius 1 is 0.977 bits per heavy atom. The number of hydrogen-bond acceptors (Lipinski definition) is 6. The van der Waals surface area contributed by atoms with Gasteiger partial charge in [0.2, 0.25) is 17.6 Å². The van der Waals surface area contributed by atoms with Crippen LogP contribution in [-0.2, 0) is 23.9 Å². The van der Waals surface area contributed by atoms with Crippen LogP contribution in [0.1, 0.15) is 93.4 Å². The summed E-state index contributed by atoms with van der Waals surface area (Å²) in [7, 11) is 0. The lowest BCUT2D eigenvalue weighted by atomic mass is 9.85. The van der Waals surface area contributed by atoms with E-state index in [1.54, 1.807) is 4.90 Å². The fourth-order valence-corrected chi connectivity index (χ4v) is 7.01. The maximum absolute atomic E-state index is 14.2. The van der Waals surface area contributed by atoms with E-state index < -0.39 is 47.2 Å². The van der Waals surface area contributed by atoms with Crippen LogP contribution >= 0.6 is 0 Å². The van der Waals surface area contributed by atoms with Crippen LogP contribution in [0.5, 0.6) is 0 Å². The SMILES string of the molecule is CC(C)[C@@H](COC1CCCC1)NC(=O)N[C@H](C(=O)N1C[C@H]2[C@@H]([C@H]1C(=O)NC(CC1CC1)C(=O)C(N)=O)C2(C)C)C(C)(C)C. The molecular weight excluding hydrogens is 550 g/mol. The highest BCUT2D eigenvalue weighted by Gasteiger charge is 2.70. The highest BCUT2D eigenvalue weighted by molar-refractivity contribution is 6.37. The number of ether oxygens (including phenoxy) is 1. The zero-order valence-corrected chi connectivity index (χ0v) is 27.0. The summed E-state index contributed by atoms with van der Waals surface area (Å²) in [5.74, 6) is -2.25. The molecule has 242 valence electrons. The molecule has 3 aliphatic carbocycles. The molecule has 1 unspecified atom stereocenters. The van der Waals surface area contributed by atoms with E-state index in [2.05, 4.69) is 29.8 Å². The molecule has 4 aliphatic rings. The van der Waals surface area contributed by atoms with E-state index in [0.717, 1.165) is 38.5 Å². The van der Waals surface area contributed by atoms with Gasteiger partial charge in [-0.1, -0.05) is 74.1 Å². The first-order valence-corrected chi connectivity index (χ1v) is 16.2. The molecule has 5 N–H and O–H groups in total. The van der Waals surface area contributed by atoms with Crippen molar-refractivity contribution in [3.05, 3.63) is 0 Å². The molecule has 4 fully saturated rings. The van der Waals surface area contributed by atoms with Crippen molar-refractivity contribution < 1.29 is 28.7 Å². The number of amides is 5. The second-order valence-electron chi connectivity index (χ2n) is 15.4. The van der Waals surface area contributed by atoms with Gasteiger partial charge in [-0.25, -0.2) is 4.79 Å². The first-order chi connectivity index (χ1) is 20.0. The molecule has 1 aliphatic heterocycles. The zero-order valence-electron chi connectivity index (χ0n) is 27.0. The highest BCUT2D eigenvalue weighted by atomic mass is 16.5. The quantitative estimate of drug-likeness (QED) is 0.237. The second-order valence-corrected chi connectivity index (χ2v) is 15.4. The molecule has 0 aromatic rings. The lowest BCUT2D eigenvalue weighted by molar-refractivity contribution is -0.145. The van der Waals surface area contributed by atoms with E-state index in [9.17, 15) is 24.0 Å². The number of hydrogen-bond donors (Lipinski definition) is 4. The minimum Gasteiger partial charge on any atom is -0.376 e. The summed E-state index contributed by atoms with van der Waals surface area (Å²) in [5.41, 5.74) is 4.50. The van der Waals surface area contributed by atoms with Crippen LogP contribution < -0.4 is 21.7 Å². The van der Waals surface area contributed by atoms with Gasteiger partial charge in [0, 0.05) is 6.54 Å². The van der Waals surface area contributed by atoms with Gasteiger partial charge in [0.1, 0.15) is 12.1 Å². The van der Waals surface area contributed by atoms with Crippen molar-refractivity contribution >= 4 is 29.5 Å². The Balaban J connectivity index is 1.47. The summed E-state index contributed by atoms with van der Waals surface area (Å²) >= 11 is 0. The van der Waals surface area contributed by atoms with Gasteiger partial charge in [-0.2, -0.15) is 0 Å².